The summed E-state index contributed by atoms with van der Waals surface area (Å²) in [5.41, 5.74) is 2.46. The largest absolute Gasteiger partial charge is 0.545 e. The summed E-state index contributed by atoms with van der Waals surface area (Å²) < 4.78 is 11.8. The zero-order valence-corrected chi connectivity index (χ0v) is 19.3. The van der Waals surface area contributed by atoms with Gasteiger partial charge < -0.3 is 29.4 Å². The maximum atomic E-state index is 11.8. The Morgan fingerprint density at radius 2 is 1.97 bits per heavy atom. The summed E-state index contributed by atoms with van der Waals surface area (Å²) in [6.45, 7) is 2.77. The van der Waals surface area contributed by atoms with Crippen molar-refractivity contribution in [3.8, 4) is 11.5 Å². The molecule has 34 heavy (non-hydrogen) atoms. The Hall–Kier alpha value is -3.16. The molecule has 4 aliphatic rings. The molecule has 2 bridgehead atoms. The molecule has 7 nitrogen and oxygen atoms in total. The summed E-state index contributed by atoms with van der Waals surface area (Å²) in [5.74, 6) is 0.110. The van der Waals surface area contributed by atoms with Crippen molar-refractivity contribution in [3.05, 3.63) is 71.3 Å². The zero-order chi connectivity index (χ0) is 24.0. The number of ether oxygens (including phenoxy) is 2. The number of piperidine rings is 1. The minimum atomic E-state index is -1.13. The third kappa shape index (κ3) is 3.42. The lowest BCUT2D eigenvalue weighted by Gasteiger charge is -2.56. The number of carboxylic acids is 1. The van der Waals surface area contributed by atoms with Gasteiger partial charge in [-0.05, 0) is 43.6 Å². The molecular weight excluding hydrogens is 434 g/mol. The van der Waals surface area contributed by atoms with Crippen LogP contribution in [0.4, 0.5) is 0 Å². The van der Waals surface area contributed by atoms with E-state index in [1.54, 1.807) is 25.1 Å². The number of nitrogens with zero attached hydrogens (tertiary/aromatic N) is 1. The molecule has 0 aromatic heterocycles. The maximum absolute atomic E-state index is 11.8. The molecule has 1 fully saturated rings. The number of carbonyl (C=O) groups is 2. The van der Waals surface area contributed by atoms with E-state index in [-0.39, 0.29) is 23.1 Å². The van der Waals surface area contributed by atoms with Crippen LogP contribution in [0.5, 0.6) is 11.5 Å². The van der Waals surface area contributed by atoms with Crippen LogP contribution in [0.15, 0.2) is 54.6 Å². The van der Waals surface area contributed by atoms with Gasteiger partial charge in [0.1, 0.15) is 12.2 Å². The van der Waals surface area contributed by atoms with Crippen LogP contribution in [-0.4, -0.2) is 53.8 Å². The van der Waals surface area contributed by atoms with Gasteiger partial charge in [-0.15, -0.1) is 0 Å². The molecule has 1 spiro atoms. The van der Waals surface area contributed by atoms with E-state index in [1.165, 1.54) is 23.3 Å². The Morgan fingerprint density at radius 3 is 2.65 bits per heavy atom. The van der Waals surface area contributed by atoms with Gasteiger partial charge >= 0.3 is 5.97 Å². The third-order valence-electron chi connectivity index (χ3n) is 7.66. The second-order valence-corrected chi connectivity index (χ2v) is 9.39. The standard InChI is InChI=1S/C20H23NO4.C7H6O2/c1-3-16(23)24-15-7-4-11-10-13-12-5-6-14(22)19-20(12,8-9-21(13)2)17(11)18(15)25-19;8-7(9)6-4-2-1-3-5-6/h4-7,12-14,19,22H,3,8-10H2,1-2H3;1-5H,(H,8,9)/p-1/t12-,13+,14-,19-,20-;/m0./s1. The zero-order valence-electron chi connectivity index (χ0n) is 19.3. The smallest absolute Gasteiger partial charge is 0.311 e. The minimum absolute atomic E-state index is 0.205. The van der Waals surface area contributed by atoms with Crippen molar-refractivity contribution < 1.29 is 29.3 Å². The van der Waals surface area contributed by atoms with Crippen LogP contribution in [0.1, 0.15) is 41.3 Å². The summed E-state index contributed by atoms with van der Waals surface area (Å²) in [7, 11) is 2.19. The fourth-order valence-corrected chi connectivity index (χ4v) is 6.08. The molecule has 2 aliphatic carbocycles. The molecule has 0 amide bonds. The number of hydrogen-bond donors (Lipinski definition) is 1. The lowest BCUT2D eigenvalue weighted by molar-refractivity contribution is -0.255. The second-order valence-electron chi connectivity index (χ2n) is 9.39. The van der Waals surface area contributed by atoms with E-state index in [0.29, 0.717) is 29.9 Å². The number of hydrogen-bond acceptors (Lipinski definition) is 7. The van der Waals surface area contributed by atoms with Crippen molar-refractivity contribution in [1.82, 2.24) is 4.90 Å². The van der Waals surface area contributed by atoms with Gasteiger partial charge in [0.2, 0.25) is 0 Å². The topological polar surface area (TPSA) is 99.1 Å². The van der Waals surface area contributed by atoms with Crippen molar-refractivity contribution in [2.75, 3.05) is 13.6 Å². The van der Waals surface area contributed by atoms with Crippen molar-refractivity contribution in [2.45, 2.75) is 49.9 Å². The molecule has 5 atom stereocenters. The van der Waals surface area contributed by atoms with Gasteiger partial charge in [0.25, 0.3) is 0 Å². The molecule has 1 N–H and O–H groups in total. The molecule has 178 valence electrons. The van der Waals surface area contributed by atoms with Crippen LogP contribution in [-0.2, 0) is 16.6 Å². The molecule has 2 aromatic carbocycles. The van der Waals surface area contributed by atoms with Gasteiger partial charge in [-0.25, -0.2) is 0 Å². The summed E-state index contributed by atoms with van der Waals surface area (Å²) in [4.78, 5) is 24.4. The van der Waals surface area contributed by atoms with Crippen LogP contribution in [0.3, 0.4) is 0 Å². The van der Waals surface area contributed by atoms with Gasteiger partial charge in [0.05, 0.1) is 5.97 Å². The molecule has 1 saturated heterocycles. The fourth-order valence-electron chi connectivity index (χ4n) is 6.08. The van der Waals surface area contributed by atoms with E-state index in [1.807, 2.05) is 12.1 Å². The number of aliphatic hydroxyl groups excluding tert-OH is 1. The molecule has 0 unspecified atom stereocenters. The highest BCUT2D eigenvalue weighted by Crippen LogP contribution is 2.62. The van der Waals surface area contributed by atoms with Crippen LogP contribution < -0.4 is 14.6 Å². The van der Waals surface area contributed by atoms with Crippen LogP contribution >= 0.6 is 0 Å². The fraction of sp³-hybridized carbons (Fsp3) is 0.407. The van der Waals surface area contributed by atoms with E-state index in [2.05, 4.69) is 24.1 Å². The molecule has 2 aliphatic heterocycles. The molecule has 2 aromatic rings. The van der Waals surface area contributed by atoms with E-state index < -0.39 is 12.1 Å². The third-order valence-corrected chi connectivity index (χ3v) is 7.66. The van der Waals surface area contributed by atoms with Crippen molar-refractivity contribution in [2.24, 2.45) is 5.92 Å². The van der Waals surface area contributed by atoms with Crippen LogP contribution in [0, 0.1) is 5.92 Å². The molecule has 6 rings (SSSR count). The number of likely N-dealkylation sites (tertiary alicyclic amines) is 1. The summed E-state index contributed by atoms with van der Waals surface area (Å²) in [6.07, 6.45) is 5.38. The molecule has 7 heteroatoms. The Balaban J connectivity index is 0.000000227. The normalized spacial score (nSPS) is 29.9. The monoisotopic (exact) mass is 462 g/mol. The minimum Gasteiger partial charge on any atom is -0.545 e. The number of carbonyl (C=O) groups excluding carboxylic acids is 2. The number of aromatic carboxylic acids is 1. The lowest BCUT2D eigenvalue weighted by atomic mass is 9.53. The lowest BCUT2D eigenvalue weighted by Crippen LogP contribution is -2.64. The van der Waals surface area contributed by atoms with Gasteiger partial charge in [0, 0.05) is 29.4 Å². The Morgan fingerprint density at radius 1 is 1.21 bits per heavy atom. The SMILES string of the molecule is CCC(=O)Oc1ccc2c3c1O[C@H]1[C@@H](O)C=C[C@H]4[C@@H](C2)N(C)CC[C@@]341.O=C([O-])c1ccccc1. The average molecular weight is 463 g/mol. The van der Waals surface area contributed by atoms with Gasteiger partial charge in [-0.3, -0.25) is 4.79 Å². The summed E-state index contributed by atoms with van der Waals surface area (Å²) in [6, 6.07) is 12.4. The van der Waals surface area contributed by atoms with Crippen LogP contribution in [0.2, 0.25) is 0 Å². The highest BCUT2D eigenvalue weighted by molar-refractivity contribution is 5.85. The number of likely N-dealkylation sites (N-methyl/N-ethyl adjacent to an activating group) is 1. The van der Waals surface area contributed by atoms with E-state index in [4.69, 9.17) is 9.47 Å². The highest BCUT2D eigenvalue weighted by Gasteiger charge is 2.64. The Bertz CT molecular complexity index is 1150. The summed E-state index contributed by atoms with van der Waals surface area (Å²) >= 11 is 0. The Labute approximate surface area is 198 Å². The molecule has 2 heterocycles. The molecule has 0 saturated carbocycles. The van der Waals surface area contributed by atoms with E-state index >= 15 is 0 Å². The van der Waals surface area contributed by atoms with E-state index in [0.717, 1.165) is 19.4 Å². The Kier molecular flexibility index (Phi) is 5.70. The number of rotatable bonds is 3. The number of carboxylic acid groups (broad SMARTS) is 1. The number of esters is 1. The first kappa shape index (κ1) is 22.6. The van der Waals surface area contributed by atoms with Crippen molar-refractivity contribution in [3.63, 3.8) is 0 Å². The average Bonchev–Trinajstić information content (AvgIpc) is 3.20. The van der Waals surface area contributed by atoms with E-state index in [9.17, 15) is 19.8 Å². The first-order valence-electron chi connectivity index (χ1n) is 11.7. The number of aliphatic hydroxyl groups is 1. The van der Waals surface area contributed by atoms with Crippen LogP contribution in [0.25, 0.3) is 0 Å². The first-order chi connectivity index (χ1) is 16.4. The molecule has 0 radical (unpaired) electrons. The van der Waals surface area contributed by atoms with Gasteiger partial charge in [-0.1, -0.05) is 55.5 Å². The number of benzene rings is 2. The summed E-state index contributed by atoms with van der Waals surface area (Å²) in [5, 5.41) is 20.7. The maximum Gasteiger partial charge on any atom is 0.311 e. The van der Waals surface area contributed by atoms with Gasteiger partial charge in [0.15, 0.2) is 11.5 Å². The predicted octanol–water partition coefficient (Wildman–Crippen LogP) is 1.86. The second kappa shape index (κ2) is 8.56. The van der Waals surface area contributed by atoms with Crippen molar-refractivity contribution in [1.29, 1.82) is 0 Å². The predicted molar refractivity (Wildman–Crippen MR) is 123 cm³/mol. The van der Waals surface area contributed by atoms with Crippen molar-refractivity contribution >= 4 is 11.9 Å². The molecular formula is C27H28NO6-. The highest BCUT2D eigenvalue weighted by atomic mass is 16.6. The van der Waals surface area contributed by atoms with Gasteiger partial charge in [-0.2, -0.15) is 0 Å². The first-order valence-corrected chi connectivity index (χ1v) is 11.7. The quantitative estimate of drug-likeness (QED) is 0.422.